The predicted molar refractivity (Wildman–Crippen MR) is 131 cm³/mol. The molecule has 1 heterocycles. The summed E-state index contributed by atoms with van der Waals surface area (Å²) in [5, 5.41) is 2.65. The zero-order valence-electron chi connectivity index (χ0n) is 19.9. The smallest absolute Gasteiger partial charge is 0.399 e. The molecular weight excluding hydrogens is 432 g/mol. The van der Waals surface area contributed by atoms with Gasteiger partial charge >= 0.3 is 7.12 Å². The van der Waals surface area contributed by atoms with Gasteiger partial charge in [0, 0.05) is 5.56 Å². The van der Waals surface area contributed by atoms with Crippen LogP contribution in [0.3, 0.4) is 0 Å². The van der Waals surface area contributed by atoms with E-state index < -0.39 is 30.0 Å². The Hall–Kier alpha value is -3.00. The van der Waals surface area contributed by atoms with Crippen LogP contribution < -0.4 is 10.8 Å². The third kappa shape index (κ3) is 5.38. The van der Waals surface area contributed by atoms with E-state index in [-0.39, 0.29) is 12.3 Å². The average Bonchev–Trinajstić information content (AvgIpc) is 3.03. The molecule has 5 nitrogen and oxygen atoms in total. The van der Waals surface area contributed by atoms with Crippen LogP contribution in [0.25, 0.3) is 0 Å². The quantitative estimate of drug-likeness (QED) is 0.498. The molecule has 1 aliphatic rings. The maximum absolute atomic E-state index is 14.7. The van der Waals surface area contributed by atoms with Gasteiger partial charge in [0.05, 0.1) is 30.1 Å². The average molecular weight is 461 g/mol. The molecule has 34 heavy (non-hydrogen) atoms. The second kappa shape index (κ2) is 9.70. The number of nitrogens with one attached hydrogen (secondary N) is 1. The number of hydrogen-bond acceptors (Lipinski definition) is 4. The fourth-order valence-corrected chi connectivity index (χ4v) is 3.61. The molecule has 1 saturated heterocycles. The van der Waals surface area contributed by atoms with Crippen molar-refractivity contribution in [2.24, 2.45) is 0 Å². The van der Waals surface area contributed by atoms with Gasteiger partial charge in [-0.3, -0.25) is 4.79 Å². The minimum atomic E-state index is -0.579. The molecular formula is C27H29BFNO4. The van der Waals surface area contributed by atoms with E-state index in [2.05, 4.69) is 5.32 Å². The number of carbonyl (C=O) groups excluding carboxylic acids is 1. The molecule has 0 aliphatic carbocycles. The second-order valence-electron chi connectivity index (χ2n) is 9.46. The Kier molecular flexibility index (Phi) is 6.89. The lowest BCUT2D eigenvalue weighted by molar-refractivity contribution is 0.00578. The largest absolute Gasteiger partial charge is 0.494 e. The topological polar surface area (TPSA) is 56.8 Å². The molecule has 1 fully saturated rings. The van der Waals surface area contributed by atoms with Gasteiger partial charge in [-0.25, -0.2) is 4.39 Å². The van der Waals surface area contributed by atoms with Gasteiger partial charge in [0.15, 0.2) is 0 Å². The molecule has 3 aromatic rings. The zero-order valence-corrected chi connectivity index (χ0v) is 19.9. The van der Waals surface area contributed by atoms with E-state index in [9.17, 15) is 9.18 Å². The molecule has 1 amide bonds. The molecule has 7 heteroatoms. The molecule has 1 aliphatic heterocycles. The van der Waals surface area contributed by atoms with Crippen molar-refractivity contribution in [3.8, 4) is 0 Å². The predicted octanol–water partition coefficient (Wildman–Crippen LogP) is 5.09. The number of carbonyl (C=O) groups is 1. The van der Waals surface area contributed by atoms with E-state index in [0.29, 0.717) is 17.7 Å². The molecule has 0 spiro atoms. The third-order valence-corrected chi connectivity index (χ3v) is 6.34. The SMILES string of the molecule is CC1(C)OB(c2cccc(C(=O)Nc3ccc(COCc4ccccc4)cc3F)c2)OC1(C)C. The van der Waals surface area contributed by atoms with Crippen LogP contribution in [0.15, 0.2) is 72.8 Å². The van der Waals surface area contributed by atoms with Crippen molar-refractivity contribution in [3.63, 3.8) is 0 Å². The van der Waals surface area contributed by atoms with Gasteiger partial charge in [-0.1, -0.05) is 48.5 Å². The standard InChI is InChI=1S/C27H29BFNO4/c1-26(2)27(3,4)34-28(33-26)22-12-8-11-21(16-22)25(31)30-24-14-13-20(15-23(24)29)18-32-17-19-9-6-5-7-10-19/h5-16H,17-18H2,1-4H3,(H,30,31). The maximum Gasteiger partial charge on any atom is 0.494 e. The number of rotatable bonds is 7. The van der Waals surface area contributed by atoms with Crippen molar-refractivity contribution >= 4 is 24.2 Å². The minimum absolute atomic E-state index is 0.109. The number of ether oxygens (including phenoxy) is 1. The van der Waals surface area contributed by atoms with Gasteiger partial charge in [0.1, 0.15) is 5.82 Å². The van der Waals surface area contributed by atoms with Crippen LogP contribution in [0.5, 0.6) is 0 Å². The summed E-state index contributed by atoms with van der Waals surface area (Å²) in [6, 6.07) is 21.4. The first-order valence-electron chi connectivity index (χ1n) is 11.3. The van der Waals surface area contributed by atoms with Crippen molar-refractivity contribution in [1.82, 2.24) is 0 Å². The molecule has 1 N–H and O–H groups in total. The van der Waals surface area contributed by atoms with Crippen LogP contribution in [0.4, 0.5) is 10.1 Å². The highest BCUT2D eigenvalue weighted by atomic mass is 19.1. The Morgan fingerprint density at radius 2 is 1.56 bits per heavy atom. The van der Waals surface area contributed by atoms with Gasteiger partial charge in [0.2, 0.25) is 0 Å². The van der Waals surface area contributed by atoms with Crippen molar-refractivity contribution in [1.29, 1.82) is 0 Å². The highest BCUT2D eigenvalue weighted by Crippen LogP contribution is 2.36. The van der Waals surface area contributed by atoms with Crippen LogP contribution >= 0.6 is 0 Å². The molecule has 0 unspecified atom stereocenters. The van der Waals surface area contributed by atoms with Gasteiger partial charge in [-0.15, -0.1) is 0 Å². The Morgan fingerprint density at radius 3 is 2.24 bits per heavy atom. The molecule has 0 atom stereocenters. The van der Waals surface area contributed by atoms with Gasteiger partial charge < -0.3 is 19.4 Å². The lowest BCUT2D eigenvalue weighted by Gasteiger charge is -2.32. The van der Waals surface area contributed by atoms with Crippen molar-refractivity contribution < 1.29 is 23.2 Å². The van der Waals surface area contributed by atoms with E-state index in [0.717, 1.165) is 11.0 Å². The van der Waals surface area contributed by atoms with E-state index in [1.54, 1.807) is 30.3 Å². The Bertz CT molecular complexity index is 1150. The van der Waals surface area contributed by atoms with Crippen LogP contribution in [-0.4, -0.2) is 24.2 Å². The molecule has 0 bridgehead atoms. The summed E-state index contributed by atoms with van der Waals surface area (Å²) in [5.41, 5.74) is 2.01. The Balaban J connectivity index is 1.38. The maximum atomic E-state index is 14.7. The van der Waals surface area contributed by atoms with Crippen molar-refractivity contribution in [2.75, 3.05) is 5.32 Å². The first-order valence-corrected chi connectivity index (χ1v) is 11.3. The van der Waals surface area contributed by atoms with Crippen LogP contribution in [-0.2, 0) is 27.3 Å². The fraction of sp³-hybridized carbons (Fsp3) is 0.296. The lowest BCUT2D eigenvalue weighted by atomic mass is 9.78. The normalized spacial score (nSPS) is 16.4. The minimum Gasteiger partial charge on any atom is -0.399 e. The van der Waals surface area contributed by atoms with E-state index >= 15 is 0 Å². The summed E-state index contributed by atoms with van der Waals surface area (Å²) in [5.74, 6) is -0.929. The Labute approximate surface area is 200 Å². The zero-order chi connectivity index (χ0) is 24.3. The van der Waals surface area contributed by atoms with Crippen molar-refractivity contribution in [2.45, 2.75) is 52.1 Å². The van der Waals surface area contributed by atoms with Gasteiger partial charge in [0.25, 0.3) is 5.91 Å². The molecule has 0 radical (unpaired) electrons. The van der Waals surface area contributed by atoms with E-state index in [1.165, 1.54) is 6.07 Å². The number of anilines is 1. The summed E-state index contributed by atoms with van der Waals surface area (Å²) >= 11 is 0. The monoisotopic (exact) mass is 461 g/mol. The summed E-state index contributed by atoms with van der Waals surface area (Å²) in [7, 11) is -0.579. The highest BCUT2D eigenvalue weighted by Gasteiger charge is 2.51. The van der Waals surface area contributed by atoms with E-state index in [1.807, 2.05) is 64.1 Å². The number of amides is 1. The highest BCUT2D eigenvalue weighted by molar-refractivity contribution is 6.62. The summed E-state index contributed by atoms with van der Waals surface area (Å²) in [4.78, 5) is 12.8. The third-order valence-electron chi connectivity index (χ3n) is 6.34. The summed E-state index contributed by atoms with van der Waals surface area (Å²) < 4.78 is 32.5. The number of halogens is 1. The Morgan fingerprint density at radius 1 is 0.882 bits per heavy atom. The molecule has 0 aromatic heterocycles. The van der Waals surface area contributed by atoms with E-state index in [4.69, 9.17) is 14.0 Å². The fourth-order valence-electron chi connectivity index (χ4n) is 3.61. The molecule has 176 valence electrons. The summed E-state index contributed by atoms with van der Waals surface area (Å²) in [6.07, 6.45) is 0. The molecule has 3 aromatic carbocycles. The van der Waals surface area contributed by atoms with Crippen LogP contribution in [0, 0.1) is 5.82 Å². The molecule has 0 saturated carbocycles. The summed E-state index contributed by atoms with van der Waals surface area (Å²) in [6.45, 7) is 8.62. The van der Waals surface area contributed by atoms with Gasteiger partial charge in [-0.2, -0.15) is 0 Å². The first kappa shape index (κ1) is 24.1. The van der Waals surface area contributed by atoms with Crippen LogP contribution in [0.1, 0.15) is 49.2 Å². The first-order chi connectivity index (χ1) is 16.1. The lowest BCUT2D eigenvalue weighted by Crippen LogP contribution is -2.41. The molecule has 4 rings (SSSR count). The van der Waals surface area contributed by atoms with Gasteiger partial charge in [-0.05, 0) is 68.6 Å². The number of hydrogen-bond donors (Lipinski definition) is 1. The second-order valence-corrected chi connectivity index (χ2v) is 9.46. The van der Waals surface area contributed by atoms with Crippen molar-refractivity contribution in [3.05, 3.63) is 95.3 Å². The van der Waals surface area contributed by atoms with Crippen LogP contribution in [0.2, 0.25) is 0 Å². The number of benzene rings is 3.